The molecule has 0 aromatic heterocycles. The molecule has 2 aromatic rings. The lowest BCUT2D eigenvalue weighted by molar-refractivity contribution is 0.0177. The molecule has 118 valence electrons. The van der Waals surface area contributed by atoms with Crippen LogP contribution in [0.1, 0.15) is 15.9 Å². The minimum absolute atomic E-state index is 0.00843. The average molecular weight is 311 g/mol. The van der Waals surface area contributed by atoms with Crippen molar-refractivity contribution >= 4 is 5.91 Å². The van der Waals surface area contributed by atoms with E-state index in [0.29, 0.717) is 24.4 Å². The third-order valence-electron chi connectivity index (χ3n) is 3.83. The van der Waals surface area contributed by atoms with E-state index in [0.717, 1.165) is 12.0 Å². The minimum Gasteiger partial charge on any atom is -0.487 e. The molecule has 0 unspecified atom stereocenters. The Hall–Kier alpha value is -2.62. The Kier molecular flexibility index (Phi) is 4.42. The number of nitrogens with zero attached hydrogens (tertiary/aromatic N) is 1. The van der Waals surface area contributed by atoms with Gasteiger partial charge < -0.3 is 9.64 Å². The summed E-state index contributed by atoms with van der Waals surface area (Å²) < 4.78 is 18.5. The van der Waals surface area contributed by atoms with E-state index >= 15 is 0 Å². The number of halogens is 1. The number of hydrogen-bond donors (Lipinski definition) is 0. The van der Waals surface area contributed by atoms with Crippen LogP contribution < -0.4 is 4.74 Å². The summed E-state index contributed by atoms with van der Waals surface area (Å²) in [4.78, 5) is 14.1. The quantitative estimate of drug-likeness (QED) is 0.792. The highest BCUT2D eigenvalue weighted by molar-refractivity contribution is 5.94. The van der Waals surface area contributed by atoms with Crippen LogP contribution in [0, 0.1) is 5.82 Å². The zero-order chi connectivity index (χ0) is 16.2. The van der Waals surface area contributed by atoms with E-state index in [4.69, 9.17) is 4.74 Å². The third-order valence-corrected chi connectivity index (χ3v) is 3.83. The number of allylic oxidation sites excluding steroid dienone is 1. The molecule has 1 heterocycles. The topological polar surface area (TPSA) is 29.5 Å². The maximum absolute atomic E-state index is 12.8. The fourth-order valence-electron chi connectivity index (χ4n) is 2.52. The molecule has 0 atom stereocenters. The van der Waals surface area contributed by atoms with Gasteiger partial charge in [-0.25, -0.2) is 4.39 Å². The van der Waals surface area contributed by atoms with Gasteiger partial charge in [0.2, 0.25) is 0 Å². The van der Waals surface area contributed by atoms with Crippen LogP contribution in [-0.4, -0.2) is 30.0 Å². The first-order chi connectivity index (χ1) is 11.2. The van der Waals surface area contributed by atoms with Gasteiger partial charge in [0.25, 0.3) is 5.91 Å². The second-order valence-electron chi connectivity index (χ2n) is 5.59. The maximum atomic E-state index is 12.8. The SMILES string of the molecule is C=CCc1ccc(C(=O)N2CC(Oc3ccc(F)cc3)C2)cc1. The summed E-state index contributed by atoms with van der Waals surface area (Å²) >= 11 is 0. The van der Waals surface area contributed by atoms with Gasteiger partial charge in [0.15, 0.2) is 0 Å². The van der Waals surface area contributed by atoms with E-state index < -0.39 is 0 Å². The first-order valence-electron chi connectivity index (χ1n) is 7.57. The molecule has 4 heteroatoms. The van der Waals surface area contributed by atoms with Crippen molar-refractivity contribution in [3.8, 4) is 5.75 Å². The third kappa shape index (κ3) is 3.59. The Morgan fingerprint density at radius 2 is 1.83 bits per heavy atom. The molecule has 3 nitrogen and oxygen atoms in total. The molecule has 0 aliphatic carbocycles. The zero-order valence-corrected chi connectivity index (χ0v) is 12.7. The fourth-order valence-corrected chi connectivity index (χ4v) is 2.52. The predicted molar refractivity (Wildman–Crippen MR) is 87.1 cm³/mol. The summed E-state index contributed by atoms with van der Waals surface area (Å²) in [5, 5.41) is 0. The highest BCUT2D eigenvalue weighted by Gasteiger charge is 2.32. The molecular formula is C19H18FNO2. The van der Waals surface area contributed by atoms with Crippen molar-refractivity contribution in [3.05, 3.63) is 78.1 Å². The van der Waals surface area contributed by atoms with Crippen LogP contribution in [0.15, 0.2) is 61.2 Å². The van der Waals surface area contributed by atoms with Gasteiger partial charge in [-0.05, 0) is 48.4 Å². The van der Waals surface area contributed by atoms with E-state index in [2.05, 4.69) is 6.58 Å². The van der Waals surface area contributed by atoms with Gasteiger partial charge in [-0.2, -0.15) is 0 Å². The van der Waals surface area contributed by atoms with Crippen LogP contribution in [0.5, 0.6) is 5.75 Å². The van der Waals surface area contributed by atoms with Gasteiger partial charge in [-0.1, -0.05) is 18.2 Å². The number of likely N-dealkylation sites (tertiary alicyclic amines) is 1. The molecule has 0 N–H and O–H groups in total. The van der Waals surface area contributed by atoms with Crippen molar-refractivity contribution in [3.63, 3.8) is 0 Å². The van der Waals surface area contributed by atoms with Crippen LogP contribution in [0.25, 0.3) is 0 Å². The summed E-state index contributed by atoms with van der Waals surface area (Å²) in [6.45, 7) is 4.79. The summed E-state index contributed by atoms with van der Waals surface area (Å²) in [5.74, 6) is 0.342. The van der Waals surface area contributed by atoms with E-state index in [9.17, 15) is 9.18 Å². The first kappa shape index (κ1) is 15.3. The molecule has 1 fully saturated rings. The summed E-state index contributed by atoms with van der Waals surface area (Å²) in [6, 6.07) is 13.5. The van der Waals surface area contributed by atoms with Gasteiger partial charge in [-0.3, -0.25) is 4.79 Å². The van der Waals surface area contributed by atoms with E-state index in [1.54, 1.807) is 17.0 Å². The molecule has 23 heavy (non-hydrogen) atoms. The normalized spacial score (nSPS) is 14.2. The Morgan fingerprint density at radius 3 is 2.43 bits per heavy atom. The second kappa shape index (κ2) is 6.65. The van der Waals surface area contributed by atoms with Crippen molar-refractivity contribution < 1.29 is 13.9 Å². The Morgan fingerprint density at radius 1 is 1.17 bits per heavy atom. The molecular weight excluding hydrogens is 293 g/mol. The zero-order valence-electron chi connectivity index (χ0n) is 12.7. The predicted octanol–water partition coefficient (Wildman–Crippen LogP) is 3.46. The van der Waals surface area contributed by atoms with E-state index in [1.807, 2.05) is 30.3 Å². The maximum Gasteiger partial charge on any atom is 0.254 e. The molecule has 2 aromatic carbocycles. The molecule has 3 rings (SSSR count). The van der Waals surface area contributed by atoms with Crippen LogP contribution >= 0.6 is 0 Å². The summed E-state index contributed by atoms with van der Waals surface area (Å²) in [5.41, 5.74) is 1.82. The van der Waals surface area contributed by atoms with E-state index in [1.165, 1.54) is 12.1 Å². The monoisotopic (exact) mass is 311 g/mol. The summed E-state index contributed by atoms with van der Waals surface area (Å²) in [6.07, 6.45) is 2.60. The van der Waals surface area contributed by atoms with Gasteiger partial charge >= 0.3 is 0 Å². The van der Waals surface area contributed by atoms with Gasteiger partial charge in [0.1, 0.15) is 17.7 Å². The number of ether oxygens (including phenoxy) is 1. The lowest BCUT2D eigenvalue weighted by Crippen LogP contribution is -2.56. The van der Waals surface area contributed by atoms with Crippen LogP contribution in [0.3, 0.4) is 0 Å². The smallest absolute Gasteiger partial charge is 0.254 e. The van der Waals surface area contributed by atoms with Crippen LogP contribution in [0.4, 0.5) is 4.39 Å². The number of amides is 1. The standard InChI is InChI=1S/C19H18FNO2/c1-2-3-14-4-6-15(7-5-14)19(22)21-12-18(13-21)23-17-10-8-16(20)9-11-17/h2,4-11,18H,1,3,12-13H2. The van der Waals surface area contributed by atoms with Crippen LogP contribution in [-0.2, 0) is 6.42 Å². The number of rotatable bonds is 5. The fraction of sp³-hybridized carbons (Fsp3) is 0.211. The van der Waals surface area contributed by atoms with Crippen molar-refractivity contribution in [2.45, 2.75) is 12.5 Å². The van der Waals surface area contributed by atoms with Crippen molar-refractivity contribution in [1.82, 2.24) is 4.90 Å². The van der Waals surface area contributed by atoms with Gasteiger partial charge in [0, 0.05) is 5.56 Å². The van der Waals surface area contributed by atoms with Crippen molar-refractivity contribution in [1.29, 1.82) is 0 Å². The average Bonchev–Trinajstić information content (AvgIpc) is 2.53. The lowest BCUT2D eigenvalue weighted by Gasteiger charge is -2.39. The van der Waals surface area contributed by atoms with E-state index in [-0.39, 0.29) is 17.8 Å². The van der Waals surface area contributed by atoms with Gasteiger partial charge in [-0.15, -0.1) is 6.58 Å². The van der Waals surface area contributed by atoms with Crippen LogP contribution in [0.2, 0.25) is 0 Å². The summed E-state index contributed by atoms with van der Waals surface area (Å²) in [7, 11) is 0. The molecule has 0 bridgehead atoms. The first-order valence-corrected chi connectivity index (χ1v) is 7.57. The Labute approximate surface area is 135 Å². The van der Waals surface area contributed by atoms with Crippen molar-refractivity contribution in [2.75, 3.05) is 13.1 Å². The second-order valence-corrected chi connectivity index (χ2v) is 5.59. The molecule has 0 radical (unpaired) electrons. The number of carbonyl (C=O) groups is 1. The molecule has 1 aliphatic heterocycles. The Bertz CT molecular complexity index is 688. The number of hydrogen-bond acceptors (Lipinski definition) is 2. The van der Waals surface area contributed by atoms with Gasteiger partial charge in [0.05, 0.1) is 13.1 Å². The molecule has 0 saturated carbocycles. The molecule has 1 aliphatic rings. The van der Waals surface area contributed by atoms with Crippen molar-refractivity contribution in [2.24, 2.45) is 0 Å². The molecule has 0 spiro atoms. The molecule has 1 saturated heterocycles. The number of carbonyl (C=O) groups excluding carboxylic acids is 1. The lowest BCUT2D eigenvalue weighted by atomic mass is 10.1. The Balaban J connectivity index is 1.53. The molecule has 1 amide bonds. The minimum atomic E-state index is -0.289. The number of benzene rings is 2. The highest BCUT2D eigenvalue weighted by atomic mass is 19.1. The largest absolute Gasteiger partial charge is 0.487 e. The highest BCUT2D eigenvalue weighted by Crippen LogP contribution is 2.20.